The Labute approximate surface area is 279 Å². The predicted octanol–water partition coefficient (Wildman–Crippen LogP) is 7.03. The summed E-state index contributed by atoms with van der Waals surface area (Å²) in [4.78, 5) is 29.9. The molecule has 1 N–H and O–H groups in total. The maximum Gasteiger partial charge on any atom is 0.264 e. The summed E-state index contributed by atoms with van der Waals surface area (Å²) in [6.07, 6.45) is 3.86. The van der Waals surface area contributed by atoms with Gasteiger partial charge in [0.2, 0.25) is 11.8 Å². The Balaban J connectivity index is 1.57. The molecule has 1 aliphatic carbocycles. The molecule has 46 heavy (non-hydrogen) atoms. The summed E-state index contributed by atoms with van der Waals surface area (Å²) in [5.41, 5.74) is 1.45. The highest BCUT2D eigenvalue weighted by molar-refractivity contribution is 7.92. The standard InChI is InChI=1S/C35H34Cl2FN3O4S/c36-27-17-20-32(31(37)22-27)41(46(44,45)30-13-5-2-6-14-30)24-34(42)40(23-26-15-18-28(38)19-16-26)33(21-25-9-3-1-4-10-25)35(43)39-29-11-7-8-12-29/h1-6,9-10,13-20,22,29,33H,7-8,11-12,21,23-24H2,(H,39,43). The molecule has 4 aromatic carbocycles. The van der Waals surface area contributed by atoms with Crippen LogP contribution in [0, 0.1) is 5.82 Å². The molecule has 0 spiro atoms. The van der Waals surface area contributed by atoms with Gasteiger partial charge in [0.05, 0.1) is 15.6 Å². The fraction of sp³-hybridized carbons (Fsp3) is 0.257. The molecule has 5 rings (SSSR count). The van der Waals surface area contributed by atoms with E-state index in [0.29, 0.717) is 10.6 Å². The van der Waals surface area contributed by atoms with E-state index in [1.54, 1.807) is 30.3 Å². The molecular weight excluding hydrogens is 648 g/mol. The summed E-state index contributed by atoms with van der Waals surface area (Å²) in [7, 11) is -4.31. The molecule has 1 fully saturated rings. The minimum absolute atomic E-state index is 0.0172. The zero-order chi connectivity index (χ0) is 32.7. The van der Waals surface area contributed by atoms with Crippen molar-refractivity contribution >= 4 is 50.7 Å². The summed E-state index contributed by atoms with van der Waals surface area (Å²) in [6.45, 7) is -0.732. The molecule has 0 aromatic heterocycles. The number of nitrogens with one attached hydrogen (secondary N) is 1. The Morgan fingerprint density at radius 3 is 2.11 bits per heavy atom. The van der Waals surface area contributed by atoms with Gasteiger partial charge < -0.3 is 10.2 Å². The fourth-order valence-electron chi connectivity index (χ4n) is 5.62. The summed E-state index contributed by atoms with van der Waals surface area (Å²) < 4.78 is 43.0. The van der Waals surface area contributed by atoms with Crippen molar-refractivity contribution < 1.29 is 22.4 Å². The number of hydrogen-bond acceptors (Lipinski definition) is 4. The van der Waals surface area contributed by atoms with Gasteiger partial charge in [-0.3, -0.25) is 13.9 Å². The number of benzene rings is 4. The number of nitrogens with zero attached hydrogens (tertiary/aromatic N) is 2. The van der Waals surface area contributed by atoms with Crippen LogP contribution in [-0.2, 0) is 32.6 Å². The smallest absolute Gasteiger partial charge is 0.264 e. The molecule has 0 heterocycles. The van der Waals surface area contributed by atoms with Crippen LogP contribution in [0.5, 0.6) is 0 Å². The van der Waals surface area contributed by atoms with Gasteiger partial charge in [-0.1, -0.05) is 96.7 Å². The summed E-state index contributed by atoms with van der Waals surface area (Å²) in [6, 6.07) is 26.0. The van der Waals surface area contributed by atoms with E-state index in [0.717, 1.165) is 35.6 Å². The molecule has 1 aliphatic rings. The van der Waals surface area contributed by atoms with E-state index in [1.807, 2.05) is 30.3 Å². The molecule has 0 radical (unpaired) electrons. The number of hydrogen-bond donors (Lipinski definition) is 1. The van der Waals surface area contributed by atoms with Crippen molar-refractivity contribution in [3.63, 3.8) is 0 Å². The highest BCUT2D eigenvalue weighted by Crippen LogP contribution is 2.33. The summed E-state index contributed by atoms with van der Waals surface area (Å²) >= 11 is 12.7. The molecule has 2 amide bonds. The normalized spacial score (nSPS) is 14.1. The number of rotatable bonds is 12. The van der Waals surface area contributed by atoms with Crippen LogP contribution in [0.3, 0.4) is 0 Å². The van der Waals surface area contributed by atoms with Crippen molar-refractivity contribution in [2.75, 3.05) is 10.8 Å². The minimum atomic E-state index is -4.31. The van der Waals surface area contributed by atoms with Crippen LogP contribution < -0.4 is 9.62 Å². The topological polar surface area (TPSA) is 86.8 Å². The number of carbonyl (C=O) groups is 2. The van der Waals surface area contributed by atoms with Crippen molar-refractivity contribution in [1.29, 1.82) is 0 Å². The lowest BCUT2D eigenvalue weighted by Crippen LogP contribution is -2.54. The van der Waals surface area contributed by atoms with E-state index in [4.69, 9.17) is 23.2 Å². The highest BCUT2D eigenvalue weighted by Gasteiger charge is 2.36. The van der Waals surface area contributed by atoms with E-state index in [9.17, 15) is 22.4 Å². The molecule has 1 unspecified atom stereocenters. The van der Waals surface area contributed by atoms with E-state index in [-0.39, 0.29) is 40.5 Å². The van der Waals surface area contributed by atoms with Gasteiger partial charge in [0.15, 0.2) is 0 Å². The lowest BCUT2D eigenvalue weighted by Gasteiger charge is -2.34. The molecule has 0 aliphatic heterocycles. The monoisotopic (exact) mass is 681 g/mol. The molecule has 240 valence electrons. The van der Waals surface area contributed by atoms with E-state index in [1.165, 1.54) is 47.4 Å². The lowest BCUT2D eigenvalue weighted by molar-refractivity contribution is -0.140. The maximum absolute atomic E-state index is 14.5. The largest absolute Gasteiger partial charge is 0.352 e. The Morgan fingerprint density at radius 1 is 0.848 bits per heavy atom. The number of sulfonamides is 1. The second-order valence-corrected chi connectivity index (χ2v) is 14.0. The molecule has 1 saturated carbocycles. The highest BCUT2D eigenvalue weighted by atomic mass is 35.5. The molecule has 4 aromatic rings. The van der Waals surface area contributed by atoms with Gasteiger partial charge in [-0.05, 0) is 66.4 Å². The second kappa shape index (κ2) is 15.1. The zero-order valence-corrected chi connectivity index (χ0v) is 27.3. The maximum atomic E-state index is 14.5. The molecule has 7 nitrogen and oxygen atoms in total. The van der Waals surface area contributed by atoms with Crippen molar-refractivity contribution in [3.8, 4) is 0 Å². The van der Waals surface area contributed by atoms with Crippen LogP contribution in [0.2, 0.25) is 10.0 Å². The van der Waals surface area contributed by atoms with Gasteiger partial charge in [-0.2, -0.15) is 0 Å². The third-order valence-electron chi connectivity index (χ3n) is 8.03. The minimum Gasteiger partial charge on any atom is -0.352 e. The predicted molar refractivity (Wildman–Crippen MR) is 179 cm³/mol. The van der Waals surface area contributed by atoms with Crippen LogP contribution in [0.25, 0.3) is 0 Å². The van der Waals surface area contributed by atoms with Crippen molar-refractivity contribution in [1.82, 2.24) is 10.2 Å². The molecule has 1 atom stereocenters. The van der Waals surface area contributed by atoms with Gasteiger partial charge in [-0.15, -0.1) is 0 Å². The van der Waals surface area contributed by atoms with E-state index < -0.39 is 34.3 Å². The average molecular weight is 683 g/mol. The van der Waals surface area contributed by atoms with Gasteiger partial charge in [-0.25, -0.2) is 12.8 Å². The summed E-state index contributed by atoms with van der Waals surface area (Å²) in [5, 5.41) is 3.45. The van der Waals surface area contributed by atoms with Crippen LogP contribution in [0.1, 0.15) is 36.8 Å². The molecule has 11 heteroatoms. The first-order valence-corrected chi connectivity index (χ1v) is 17.2. The van der Waals surface area contributed by atoms with Crippen molar-refractivity contribution in [2.24, 2.45) is 0 Å². The van der Waals surface area contributed by atoms with Crippen LogP contribution in [0.15, 0.2) is 108 Å². The van der Waals surface area contributed by atoms with E-state index in [2.05, 4.69) is 5.32 Å². The first-order valence-electron chi connectivity index (χ1n) is 15.0. The van der Waals surface area contributed by atoms with Crippen molar-refractivity contribution in [3.05, 3.63) is 130 Å². The second-order valence-electron chi connectivity index (χ2n) is 11.3. The average Bonchev–Trinajstić information content (AvgIpc) is 3.56. The summed E-state index contributed by atoms with van der Waals surface area (Å²) in [5.74, 6) is -1.43. The van der Waals surface area contributed by atoms with Crippen LogP contribution in [-0.4, -0.2) is 43.8 Å². The third kappa shape index (κ3) is 8.26. The zero-order valence-electron chi connectivity index (χ0n) is 25.0. The Hall–Kier alpha value is -3.92. The van der Waals surface area contributed by atoms with Gasteiger partial charge in [0, 0.05) is 24.0 Å². The van der Waals surface area contributed by atoms with Crippen LogP contribution in [0.4, 0.5) is 10.1 Å². The first-order chi connectivity index (χ1) is 22.1. The van der Waals surface area contributed by atoms with Crippen molar-refractivity contribution in [2.45, 2.75) is 55.6 Å². The van der Waals surface area contributed by atoms with Crippen LogP contribution >= 0.6 is 23.2 Å². The SMILES string of the molecule is O=C(NC1CCCC1)C(Cc1ccccc1)N(Cc1ccc(F)cc1)C(=O)CN(c1ccc(Cl)cc1Cl)S(=O)(=O)c1ccccc1. The number of anilines is 1. The number of carbonyl (C=O) groups excluding carboxylic acids is 2. The van der Waals surface area contributed by atoms with Gasteiger partial charge in [0.1, 0.15) is 18.4 Å². The Bertz CT molecular complexity index is 1750. The quantitative estimate of drug-likeness (QED) is 0.174. The molecular formula is C35H34Cl2FN3O4S. The van der Waals surface area contributed by atoms with E-state index >= 15 is 0 Å². The molecule has 0 bridgehead atoms. The number of halogens is 3. The van der Waals surface area contributed by atoms with Gasteiger partial charge >= 0.3 is 0 Å². The third-order valence-corrected chi connectivity index (χ3v) is 10.3. The Kier molecular flexibility index (Phi) is 11.0. The molecule has 0 saturated heterocycles. The lowest BCUT2D eigenvalue weighted by atomic mass is 10.0. The van der Waals surface area contributed by atoms with Gasteiger partial charge in [0.25, 0.3) is 10.0 Å². The number of amides is 2. The first kappa shape index (κ1) is 33.4. The Morgan fingerprint density at radius 2 is 1.48 bits per heavy atom. The fourth-order valence-corrected chi connectivity index (χ4v) is 7.64.